The first-order valence-electron chi connectivity index (χ1n) is 11.1. The molecule has 1 fully saturated rings. The molecule has 192 valence electrons. The van der Waals surface area contributed by atoms with Crippen LogP contribution in [0.3, 0.4) is 0 Å². The van der Waals surface area contributed by atoms with Crippen molar-refractivity contribution in [2.75, 3.05) is 31.9 Å². The fourth-order valence-corrected chi connectivity index (χ4v) is 5.31. The third kappa shape index (κ3) is 6.23. The van der Waals surface area contributed by atoms with E-state index in [2.05, 4.69) is 15.3 Å². The summed E-state index contributed by atoms with van der Waals surface area (Å²) in [5.41, 5.74) is 1.16. The Balaban J connectivity index is 1.59. The van der Waals surface area contributed by atoms with Crippen LogP contribution in [-0.4, -0.2) is 63.2 Å². The Morgan fingerprint density at radius 1 is 1.11 bits per heavy atom. The molecule has 0 bridgehead atoms. The third-order valence-electron chi connectivity index (χ3n) is 5.68. The monoisotopic (exact) mass is 537 g/mol. The fraction of sp³-hybridized carbons (Fsp3) is 0.375. The Kier molecular flexibility index (Phi) is 7.96. The Bertz CT molecular complexity index is 1370. The second-order valence-corrected chi connectivity index (χ2v) is 11.4. The van der Waals surface area contributed by atoms with Crippen LogP contribution in [0.5, 0.6) is 5.88 Å². The van der Waals surface area contributed by atoms with Crippen molar-refractivity contribution in [2.45, 2.75) is 30.1 Å². The van der Waals surface area contributed by atoms with Crippen molar-refractivity contribution in [2.24, 2.45) is 5.92 Å². The van der Waals surface area contributed by atoms with Gasteiger partial charge in [-0.15, -0.1) is 0 Å². The number of nitrogens with one attached hydrogen (secondary N) is 1. The van der Waals surface area contributed by atoms with E-state index in [0.717, 1.165) is 17.6 Å². The zero-order valence-electron chi connectivity index (χ0n) is 19.6. The molecule has 1 saturated carbocycles. The maximum atomic E-state index is 13.8. The molecule has 12 heteroatoms. The molecular formula is C24H25F2N3O5S2. The molecule has 3 aromatic rings. The number of ether oxygens (including phenoxy) is 2. The molecule has 0 unspecified atom stereocenters. The lowest BCUT2D eigenvalue weighted by Crippen LogP contribution is -2.14. The molecule has 3 atom stereocenters. The number of hydrogen-bond donors (Lipinski definition) is 1. The summed E-state index contributed by atoms with van der Waals surface area (Å²) in [5, 5.41) is 3.02. The Hall–Kier alpha value is -2.96. The summed E-state index contributed by atoms with van der Waals surface area (Å²) < 4.78 is 61.7. The van der Waals surface area contributed by atoms with Crippen molar-refractivity contribution in [3.05, 3.63) is 48.0 Å². The molecular weight excluding hydrogens is 512 g/mol. The lowest BCUT2D eigenvalue weighted by Gasteiger charge is -2.11. The van der Waals surface area contributed by atoms with Gasteiger partial charge in [0.05, 0.1) is 11.5 Å². The topological polar surface area (TPSA) is 107 Å². The maximum Gasteiger partial charge on any atom is 0.257 e. The van der Waals surface area contributed by atoms with Crippen LogP contribution in [0.4, 0.5) is 13.9 Å². The van der Waals surface area contributed by atoms with Crippen molar-refractivity contribution in [3.8, 4) is 5.88 Å². The number of benzene rings is 1. The van der Waals surface area contributed by atoms with Gasteiger partial charge in [-0.25, -0.2) is 27.2 Å². The number of alkyl halides is 2. The summed E-state index contributed by atoms with van der Waals surface area (Å²) in [7, 11) is -1.86. The number of amides is 1. The SMILES string of the molecule is COCCOc1ccc2nc(NC(=O)/C(=C/[C@H]3C[C@@H](F)[C@@H](F)C3)c3ccc(S(C)(=O)=O)cc3)sc2n1. The van der Waals surface area contributed by atoms with E-state index in [1.807, 2.05) is 0 Å². The van der Waals surface area contributed by atoms with Crippen LogP contribution < -0.4 is 10.1 Å². The molecule has 1 aliphatic rings. The number of nitrogens with zero attached hydrogens (tertiary/aromatic N) is 2. The van der Waals surface area contributed by atoms with Crippen LogP contribution >= 0.6 is 11.3 Å². The third-order valence-corrected chi connectivity index (χ3v) is 7.69. The second kappa shape index (κ2) is 11.0. The molecule has 2 heterocycles. The highest BCUT2D eigenvalue weighted by Gasteiger charge is 2.34. The summed E-state index contributed by atoms with van der Waals surface area (Å²) >= 11 is 1.15. The molecule has 0 spiro atoms. The summed E-state index contributed by atoms with van der Waals surface area (Å²) in [6.07, 6.45) is -0.601. The number of allylic oxidation sites excluding steroid dienone is 1. The number of anilines is 1. The van der Waals surface area contributed by atoms with Crippen molar-refractivity contribution < 1.29 is 31.5 Å². The van der Waals surface area contributed by atoms with Crippen LogP contribution in [0.1, 0.15) is 18.4 Å². The minimum Gasteiger partial charge on any atom is -0.475 e. The number of rotatable bonds is 9. The molecule has 8 nitrogen and oxygen atoms in total. The maximum absolute atomic E-state index is 13.8. The normalized spacial score (nSPS) is 20.6. The van der Waals surface area contributed by atoms with E-state index in [4.69, 9.17) is 9.47 Å². The predicted molar refractivity (Wildman–Crippen MR) is 133 cm³/mol. The number of hydrogen-bond acceptors (Lipinski definition) is 8. The first-order valence-corrected chi connectivity index (χ1v) is 13.9. The van der Waals surface area contributed by atoms with Crippen LogP contribution in [0.2, 0.25) is 0 Å². The summed E-state index contributed by atoms with van der Waals surface area (Å²) in [6, 6.07) is 9.17. The number of aromatic nitrogens is 2. The number of carbonyl (C=O) groups excluding carboxylic acids is 1. The van der Waals surface area contributed by atoms with Gasteiger partial charge in [-0.05, 0) is 42.5 Å². The number of halogens is 2. The zero-order chi connectivity index (χ0) is 25.9. The molecule has 1 aliphatic carbocycles. The van der Waals surface area contributed by atoms with Crippen LogP contribution in [-0.2, 0) is 19.4 Å². The van der Waals surface area contributed by atoms with E-state index in [9.17, 15) is 22.0 Å². The van der Waals surface area contributed by atoms with Gasteiger partial charge < -0.3 is 9.47 Å². The fourth-order valence-electron chi connectivity index (χ4n) is 3.85. The van der Waals surface area contributed by atoms with Crippen LogP contribution in [0.15, 0.2) is 47.4 Å². The Morgan fingerprint density at radius 3 is 2.44 bits per heavy atom. The van der Waals surface area contributed by atoms with E-state index < -0.39 is 34.0 Å². The van der Waals surface area contributed by atoms with Gasteiger partial charge in [-0.3, -0.25) is 10.1 Å². The first kappa shape index (κ1) is 26.1. The van der Waals surface area contributed by atoms with Gasteiger partial charge in [0, 0.05) is 25.0 Å². The van der Waals surface area contributed by atoms with Crippen molar-refractivity contribution in [1.29, 1.82) is 0 Å². The van der Waals surface area contributed by atoms with Gasteiger partial charge in [0.15, 0.2) is 15.0 Å². The summed E-state index contributed by atoms with van der Waals surface area (Å²) in [4.78, 5) is 22.7. The number of sulfone groups is 1. The van der Waals surface area contributed by atoms with E-state index in [-0.39, 0.29) is 28.4 Å². The molecule has 4 rings (SSSR count). The number of carbonyl (C=O) groups is 1. The van der Waals surface area contributed by atoms with Crippen molar-refractivity contribution in [1.82, 2.24) is 9.97 Å². The predicted octanol–water partition coefficient (Wildman–Crippen LogP) is 4.23. The minimum atomic E-state index is -3.43. The van der Waals surface area contributed by atoms with Gasteiger partial charge >= 0.3 is 0 Å². The average Bonchev–Trinajstić information content (AvgIpc) is 3.38. The Morgan fingerprint density at radius 2 is 1.81 bits per heavy atom. The summed E-state index contributed by atoms with van der Waals surface area (Å²) in [6.45, 7) is 0.752. The zero-order valence-corrected chi connectivity index (χ0v) is 21.2. The highest BCUT2D eigenvalue weighted by atomic mass is 32.2. The minimum absolute atomic E-state index is 0.0315. The molecule has 2 aromatic heterocycles. The van der Waals surface area contributed by atoms with Gasteiger partial charge in [0.2, 0.25) is 5.88 Å². The molecule has 36 heavy (non-hydrogen) atoms. The van der Waals surface area contributed by atoms with E-state index >= 15 is 0 Å². The lowest BCUT2D eigenvalue weighted by molar-refractivity contribution is -0.111. The summed E-state index contributed by atoms with van der Waals surface area (Å²) in [5.74, 6) is -0.611. The largest absolute Gasteiger partial charge is 0.475 e. The quantitative estimate of drug-likeness (QED) is 0.322. The highest BCUT2D eigenvalue weighted by molar-refractivity contribution is 7.90. The van der Waals surface area contributed by atoms with E-state index in [1.54, 1.807) is 25.3 Å². The van der Waals surface area contributed by atoms with E-state index in [0.29, 0.717) is 35.0 Å². The number of methoxy groups -OCH3 is 1. The van der Waals surface area contributed by atoms with Crippen LogP contribution in [0, 0.1) is 5.92 Å². The number of pyridine rings is 1. The average molecular weight is 538 g/mol. The van der Waals surface area contributed by atoms with Gasteiger partial charge in [0.1, 0.15) is 29.3 Å². The Labute approximate surface area is 211 Å². The van der Waals surface area contributed by atoms with Crippen molar-refractivity contribution >= 4 is 48.1 Å². The standard InChI is InChI=1S/C24H25F2N3O5S2/c1-33-9-10-34-21-8-7-20-23(28-21)35-24(27-20)29-22(30)17(11-14-12-18(25)19(26)13-14)15-3-5-16(6-4-15)36(2,31)32/h3-8,11,14,18-19H,9-10,12-13H2,1-2H3,(H,27,29,30)/b17-11+/t14-,18+,19-. The molecule has 1 N–H and O–H groups in total. The highest BCUT2D eigenvalue weighted by Crippen LogP contribution is 2.34. The first-order chi connectivity index (χ1) is 17.1. The van der Waals surface area contributed by atoms with Gasteiger partial charge in [-0.1, -0.05) is 29.5 Å². The molecule has 0 aliphatic heterocycles. The second-order valence-electron chi connectivity index (χ2n) is 8.43. The molecule has 1 amide bonds. The number of fused-ring (bicyclic) bond motifs is 1. The van der Waals surface area contributed by atoms with Crippen LogP contribution in [0.25, 0.3) is 15.9 Å². The van der Waals surface area contributed by atoms with Crippen molar-refractivity contribution in [3.63, 3.8) is 0 Å². The molecule has 0 radical (unpaired) electrons. The van der Waals surface area contributed by atoms with E-state index in [1.165, 1.54) is 24.3 Å². The molecule has 1 aromatic carbocycles. The van der Waals surface area contributed by atoms with Gasteiger partial charge in [0.25, 0.3) is 5.91 Å². The lowest BCUT2D eigenvalue weighted by atomic mass is 9.98. The smallest absolute Gasteiger partial charge is 0.257 e. The molecule has 0 saturated heterocycles. The van der Waals surface area contributed by atoms with Gasteiger partial charge in [-0.2, -0.15) is 0 Å². The number of thiazole rings is 1.